The molecule has 0 aliphatic carbocycles. The average Bonchev–Trinajstić information content (AvgIpc) is 3.26. The van der Waals surface area contributed by atoms with Gasteiger partial charge in [-0.2, -0.15) is 0 Å². The molecule has 1 amide bonds. The van der Waals surface area contributed by atoms with Crippen LogP contribution in [-0.4, -0.2) is 15.9 Å². The van der Waals surface area contributed by atoms with E-state index in [1.54, 1.807) is 42.6 Å². The summed E-state index contributed by atoms with van der Waals surface area (Å²) in [6.07, 6.45) is 4.45. The number of pyridine rings is 1. The second-order valence-electron chi connectivity index (χ2n) is 5.84. The lowest BCUT2D eigenvalue weighted by molar-refractivity contribution is 0.102. The lowest BCUT2D eigenvalue weighted by Crippen LogP contribution is -2.11. The molecule has 28 heavy (non-hydrogen) atoms. The lowest BCUT2D eigenvalue weighted by Gasteiger charge is -2.07. The quantitative estimate of drug-likeness (QED) is 0.536. The minimum Gasteiger partial charge on any atom is -0.444 e. The van der Waals surface area contributed by atoms with Gasteiger partial charge in [0.1, 0.15) is 11.6 Å². The van der Waals surface area contributed by atoms with Gasteiger partial charge in [0.05, 0.1) is 18.1 Å². The van der Waals surface area contributed by atoms with Gasteiger partial charge in [-0.25, -0.2) is 14.4 Å². The van der Waals surface area contributed by atoms with Gasteiger partial charge in [-0.3, -0.25) is 4.79 Å². The summed E-state index contributed by atoms with van der Waals surface area (Å²) < 4.78 is 23.7. The summed E-state index contributed by atoms with van der Waals surface area (Å²) in [5, 5.41) is 2.77. The van der Waals surface area contributed by atoms with Crippen molar-refractivity contribution >= 4 is 11.6 Å². The third-order valence-electron chi connectivity index (χ3n) is 3.89. The van der Waals surface area contributed by atoms with E-state index in [1.165, 1.54) is 36.9 Å². The number of aromatic nitrogens is 2. The maximum Gasteiger partial charge on any atom is 0.255 e. The number of hydrogen-bond donors (Lipinski definition) is 1. The Morgan fingerprint density at radius 1 is 0.964 bits per heavy atom. The standard InChI is InChI=1S/C21H14FN3O3/c22-16-5-8-18(9-6-16)28-20-10-7-17(11-24-20)25-21(26)15-3-1-14(2-4-15)19-12-23-13-27-19/h1-13H,(H,25,26). The minimum absolute atomic E-state index is 0.266. The summed E-state index contributed by atoms with van der Waals surface area (Å²) in [7, 11) is 0. The van der Waals surface area contributed by atoms with Crippen molar-refractivity contribution < 1.29 is 18.3 Å². The Morgan fingerprint density at radius 2 is 1.75 bits per heavy atom. The van der Waals surface area contributed by atoms with Crippen molar-refractivity contribution in [2.24, 2.45) is 0 Å². The van der Waals surface area contributed by atoms with Gasteiger partial charge in [0.15, 0.2) is 12.2 Å². The molecule has 4 rings (SSSR count). The third-order valence-corrected chi connectivity index (χ3v) is 3.89. The molecule has 7 heteroatoms. The first-order chi connectivity index (χ1) is 13.7. The highest BCUT2D eigenvalue weighted by atomic mass is 19.1. The molecule has 0 atom stereocenters. The number of ether oxygens (including phenoxy) is 1. The van der Waals surface area contributed by atoms with Crippen molar-refractivity contribution in [1.29, 1.82) is 0 Å². The zero-order valence-corrected chi connectivity index (χ0v) is 14.5. The Labute approximate surface area is 159 Å². The first-order valence-electron chi connectivity index (χ1n) is 8.37. The molecule has 2 aromatic heterocycles. The molecule has 0 fully saturated rings. The van der Waals surface area contributed by atoms with E-state index in [2.05, 4.69) is 15.3 Å². The number of carbonyl (C=O) groups is 1. The van der Waals surface area contributed by atoms with E-state index < -0.39 is 0 Å². The van der Waals surface area contributed by atoms with E-state index in [0.29, 0.717) is 28.6 Å². The first kappa shape index (κ1) is 17.4. The number of halogens is 1. The Morgan fingerprint density at radius 3 is 2.39 bits per heavy atom. The maximum atomic E-state index is 12.9. The molecule has 138 valence electrons. The zero-order valence-electron chi connectivity index (χ0n) is 14.5. The minimum atomic E-state index is -0.341. The van der Waals surface area contributed by atoms with Gasteiger partial charge >= 0.3 is 0 Å². The summed E-state index contributed by atoms with van der Waals surface area (Å²) in [5.74, 6) is 0.830. The highest BCUT2D eigenvalue weighted by molar-refractivity contribution is 6.04. The molecule has 0 radical (unpaired) electrons. The fraction of sp³-hybridized carbons (Fsp3) is 0. The van der Waals surface area contributed by atoms with Crippen molar-refractivity contribution in [2.75, 3.05) is 5.32 Å². The fourth-order valence-corrected chi connectivity index (χ4v) is 2.49. The number of rotatable bonds is 5. The molecule has 1 N–H and O–H groups in total. The van der Waals surface area contributed by atoms with Crippen molar-refractivity contribution in [2.45, 2.75) is 0 Å². The number of oxazole rings is 1. The van der Waals surface area contributed by atoms with Crippen LogP contribution in [0.5, 0.6) is 11.6 Å². The van der Waals surface area contributed by atoms with Crippen LogP contribution in [0, 0.1) is 5.82 Å². The Hall–Kier alpha value is -4.00. The molecule has 0 saturated carbocycles. The van der Waals surface area contributed by atoms with Crippen molar-refractivity contribution in [3.05, 3.63) is 90.8 Å². The summed E-state index contributed by atoms with van der Waals surface area (Å²) in [4.78, 5) is 20.4. The van der Waals surface area contributed by atoms with Crippen molar-refractivity contribution in [1.82, 2.24) is 9.97 Å². The zero-order chi connectivity index (χ0) is 19.3. The van der Waals surface area contributed by atoms with E-state index in [4.69, 9.17) is 9.15 Å². The summed E-state index contributed by atoms with van der Waals surface area (Å²) >= 11 is 0. The van der Waals surface area contributed by atoms with Gasteiger partial charge in [0, 0.05) is 17.2 Å². The molecule has 0 aliphatic rings. The van der Waals surface area contributed by atoms with Crippen LogP contribution in [-0.2, 0) is 0 Å². The molecule has 6 nitrogen and oxygen atoms in total. The Bertz CT molecular complexity index is 1060. The molecule has 2 aromatic carbocycles. The van der Waals surface area contributed by atoms with Crippen molar-refractivity contribution in [3.8, 4) is 23.0 Å². The number of benzene rings is 2. The summed E-state index contributed by atoms with van der Waals surface area (Å²) in [6.45, 7) is 0. The largest absolute Gasteiger partial charge is 0.444 e. The van der Waals surface area contributed by atoms with Gasteiger partial charge in [-0.05, 0) is 42.5 Å². The first-order valence-corrected chi connectivity index (χ1v) is 8.37. The van der Waals surface area contributed by atoms with Gasteiger partial charge in [-0.1, -0.05) is 12.1 Å². The van der Waals surface area contributed by atoms with Crippen molar-refractivity contribution in [3.63, 3.8) is 0 Å². The molecular formula is C21H14FN3O3. The smallest absolute Gasteiger partial charge is 0.255 e. The van der Waals surface area contributed by atoms with Gasteiger partial charge < -0.3 is 14.5 Å². The van der Waals surface area contributed by atoms with Crippen LogP contribution < -0.4 is 10.1 Å². The molecule has 0 saturated heterocycles. The van der Waals surface area contributed by atoms with E-state index in [1.807, 2.05) is 0 Å². The van der Waals surface area contributed by atoms with Crippen LogP contribution in [0.15, 0.2) is 83.9 Å². The van der Waals surface area contributed by atoms with E-state index in [0.717, 1.165) is 5.56 Å². The molecule has 0 aliphatic heterocycles. The second kappa shape index (κ2) is 7.71. The third kappa shape index (κ3) is 4.04. The molecule has 2 heterocycles. The molecule has 0 bridgehead atoms. The number of hydrogen-bond acceptors (Lipinski definition) is 5. The topological polar surface area (TPSA) is 77.2 Å². The van der Waals surface area contributed by atoms with Gasteiger partial charge in [0.2, 0.25) is 5.88 Å². The molecule has 4 aromatic rings. The summed E-state index contributed by atoms with van der Waals surface area (Å²) in [6, 6.07) is 15.9. The van der Waals surface area contributed by atoms with E-state index >= 15 is 0 Å². The molecule has 0 unspecified atom stereocenters. The monoisotopic (exact) mass is 375 g/mol. The van der Waals surface area contributed by atoms with Gasteiger partial charge in [0.25, 0.3) is 5.91 Å². The number of carbonyl (C=O) groups excluding carboxylic acids is 1. The average molecular weight is 375 g/mol. The van der Waals surface area contributed by atoms with Crippen LogP contribution >= 0.6 is 0 Å². The van der Waals surface area contributed by atoms with Crippen LogP contribution in [0.4, 0.5) is 10.1 Å². The van der Waals surface area contributed by atoms with Crippen LogP contribution in [0.3, 0.4) is 0 Å². The Balaban J connectivity index is 1.39. The number of nitrogens with zero attached hydrogens (tertiary/aromatic N) is 2. The Kier molecular flexibility index (Phi) is 4.79. The second-order valence-corrected chi connectivity index (χ2v) is 5.84. The maximum absolute atomic E-state index is 12.9. The van der Waals surface area contributed by atoms with Crippen LogP contribution in [0.2, 0.25) is 0 Å². The van der Waals surface area contributed by atoms with Crippen LogP contribution in [0.1, 0.15) is 10.4 Å². The SMILES string of the molecule is O=C(Nc1ccc(Oc2ccc(F)cc2)nc1)c1ccc(-c2cnco2)cc1. The van der Waals surface area contributed by atoms with E-state index in [9.17, 15) is 9.18 Å². The lowest BCUT2D eigenvalue weighted by atomic mass is 10.1. The number of amides is 1. The van der Waals surface area contributed by atoms with Gasteiger partial charge in [-0.15, -0.1) is 0 Å². The molecule has 0 spiro atoms. The van der Waals surface area contributed by atoms with Crippen LogP contribution in [0.25, 0.3) is 11.3 Å². The normalized spacial score (nSPS) is 10.5. The highest BCUT2D eigenvalue weighted by Gasteiger charge is 2.08. The highest BCUT2D eigenvalue weighted by Crippen LogP contribution is 2.22. The predicted octanol–water partition coefficient (Wildman–Crippen LogP) is 4.92. The number of anilines is 1. The molecular weight excluding hydrogens is 361 g/mol. The number of nitrogens with one attached hydrogen (secondary N) is 1. The summed E-state index contributed by atoms with van der Waals surface area (Å²) in [5.41, 5.74) is 1.85. The fourth-order valence-electron chi connectivity index (χ4n) is 2.49. The van der Waals surface area contributed by atoms with E-state index in [-0.39, 0.29) is 11.7 Å². The predicted molar refractivity (Wildman–Crippen MR) is 101 cm³/mol.